The molecule has 2 amide bonds. The van der Waals surface area contributed by atoms with Gasteiger partial charge in [0.05, 0.1) is 12.1 Å². The molecule has 0 radical (unpaired) electrons. The molecule has 108 valence electrons. The Balaban J connectivity index is 1.89. The summed E-state index contributed by atoms with van der Waals surface area (Å²) >= 11 is 6.19. The molecule has 5 nitrogen and oxygen atoms in total. The summed E-state index contributed by atoms with van der Waals surface area (Å²) in [6.07, 6.45) is 0. The van der Waals surface area contributed by atoms with Gasteiger partial charge in [-0.2, -0.15) is 0 Å². The Labute approximate surface area is 127 Å². The first-order chi connectivity index (χ1) is 10.0. The van der Waals surface area contributed by atoms with Gasteiger partial charge in [-0.15, -0.1) is 0 Å². The van der Waals surface area contributed by atoms with Crippen LogP contribution >= 0.6 is 11.6 Å². The van der Waals surface area contributed by atoms with E-state index in [1.54, 1.807) is 7.05 Å². The molecule has 1 aliphatic rings. The lowest BCUT2D eigenvalue weighted by atomic mass is 10.1. The van der Waals surface area contributed by atoms with Crippen molar-refractivity contribution in [2.45, 2.75) is 6.54 Å². The number of nitrogens with zero attached hydrogens (tertiary/aromatic N) is 3. The van der Waals surface area contributed by atoms with E-state index in [4.69, 9.17) is 11.6 Å². The molecular weight excluding hydrogens is 290 g/mol. The number of hydrogen-bond donors (Lipinski definition) is 0. The summed E-state index contributed by atoms with van der Waals surface area (Å²) in [5.41, 5.74) is 1.56. The van der Waals surface area contributed by atoms with Crippen LogP contribution in [0.3, 0.4) is 0 Å². The van der Waals surface area contributed by atoms with E-state index in [-0.39, 0.29) is 24.9 Å². The summed E-state index contributed by atoms with van der Waals surface area (Å²) in [7, 11) is 1.63. The normalized spacial score (nSPS) is 15.9. The van der Waals surface area contributed by atoms with Crippen molar-refractivity contribution in [1.29, 1.82) is 0 Å². The number of carbonyl (C=O) groups excluding carboxylic acids is 2. The molecule has 0 atom stereocenters. The van der Waals surface area contributed by atoms with E-state index in [1.165, 1.54) is 9.80 Å². The van der Waals surface area contributed by atoms with Crippen LogP contribution in [-0.4, -0.2) is 46.7 Å². The maximum Gasteiger partial charge on any atom is 0.242 e. The average Bonchev–Trinajstić information content (AvgIpc) is 2.45. The third kappa shape index (κ3) is 2.69. The Kier molecular flexibility index (Phi) is 3.51. The van der Waals surface area contributed by atoms with E-state index in [1.807, 2.05) is 30.3 Å². The molecule has 2 heterocycles. The number of para-hydroxylation sites is 1. The molecule has 3 rings (SSSR count). The van der Waals surface area contributed by atoms with Crippen molar-refractivity contribution in [2.75, 3.05) is 20.1 Å². The minimum atomic E-state index is -0.0821. The molecule has 21 heavy (non-hydrogen) atoms. The molecule has 0 N–H and O–H groups in total. The summed E-state index contributed by atoms with van der Waals surface area (Å²) in [5, 5.41) is 1.33. The Hall–Kier alpha value is -2.14. The van der Waals surface area contributed by atoms with Crippen molar-refractivity contribution < 1.29 is 9.59 Å². The molecule has 0 saturated carbocycles. The van der Waals surface area contributed by atoms with E-state index in [0.29, 0.717) is 11.7 Å². The number of rotatable bonds is 2. The molecule has 1 aromatic carbocycles. The second-order valence-corrected chi connectivity index (χ2v) is 5.49. The van der Waals surface area contributed by atoms with Crippen LogP contribution in [0, 0.1) is 0 Å². The number of piperazine rings is 1. The number of benzene rings is 1. The predicted molar refractivity (Wildman–Crippen MR) is 79.8 cm³/mol. The minimum Gasteiger partial charge on any atom is -0.335 e. The Morgan fingerprint density at radius 3 is 2.76 bits per heavy atom. The van der Waals surface area contributed by atoms with E-state index >= 15 is 0 Å². The number of likely N-dealkylation sites (N-methyl/N-ethyl adjacent to an activating group) is 1. The van der Waals surface area contributed by atoms with Gasteiger partial charge in [0.1, 0.15) is 11.7 Å². The van der Waals surface area contributed by atoms with Crippen LogP contribution in [0.5, 0.6) is 0 Å². The first-order valence-electron chi connectivity index (χ1n) is 6.60. The predicted octanol–water partition coefficient (Wildman–Crippen LogP) is 1.69. The van der Waals surface area contributed by atoms with Crippen molar-refractivity contribution in [2.24, 2.45) is 0 Å². The number of halogens is 1. The minimum absolute atomic E-state index is 0.0699. The zero-order valence-corrected chi connectivity index (χ0v) is 12.3. The van der Waals surface area contributed by atoms with E-state index in [0.717, 1.165) is 16.5 Å². The number of aromatic nitrogens is 1. The molecule has 1 aliphatic heterocycles. The van der Waals surface area contributed by atoms with Crippen LogP contribution < -0.4 is 0 Å². The van der Waals surface area contributed by atoms with Crippen molar-refractivity contribution >= 4 is 34.3 Å². The van der Waals surface area contributed by atoms with E-state index in [9.17, 15) is 9.59 Å². The summed E-state index contributed by atoms with van der Waals surface area (Å²) in [4.78, 5) is 31.0. The number of amides is 2. The molecule has 1 saturated heterocycles. The lowest BCUT2D eigenvalue weighted by Gasteiger charge is -2.31. The molecule has 0 unspecified atom stereocenters. The SMILES string of the molecule is CN1CC(=O)N(Cc2cc3ccccc3nc2Cl)CC1=O. The van der Waals surface area contributed by atoms with Crippen molar-refractivity contribution in [3.63, 3.8) is 0 Å². The molecule has 0 bridgehead atoms. The molecule has 6 heteroatoms. The summed E-state index contributed by atoms with van der Waals surface area (Å²) in [5.74, 6) is -0.152. The highest BCUT2D eigenvalue weighted by atomic mass is 35.5. The first kappa shape index (κ1) is 13.8. The Morgan fingerprint density at radius 1 is 1.19 bits per heavy atom. The van der Waals surface area contributed by atoms with Crippen LogP contribution in [0.15, 0.2) is 30.3 Å². The van der Waals surface area contributed by atoms with Crippen molar-refractivity contribution in [3.05, 3.63) is 41.0 Å². The maximum absolute atomic E-state index is 12.0. The Morgan fingerprint density at radius 2 is 1.95 bits per heavy atom. The van der Waals surface area contributed by atoms with Crippen LogP contribution in [0.4, 0.5) is 0 Å². The highest BCUT2D eigenvalue weighted by Crippen LogP contribution is 2.22. The average molecular weight is 304 g/mol. The number of carbonyl (C=O) groups is 2. The van der Waals surface area contributed by atoms with Crippen molar-refractivity contribution in [3.8, 4) is 0 Å². The van der Waals surface area contributed by atoms with Gasteiger partial charge in [-0.1, -0.05) is 29.8 Å². The fourth-order valence-corrected chi connectivity index (χ4v) is 2.57. The van der Waals surface area contributed by atoms with E-state index < -0.39 is 0 Å². The molecular formula is C15H14ClN3O2. The van der Waals surface area contributed by atoms with Crippen LogP contribution in [0.1, 0.15) is 5.56 Å². The quantitative estimate of drug-likeness (QED) is 0.793. The Bertz CT molecular complexity index is 732. The van der Waals surface area contributed by atoms with Gasteiger partial charge < -0.3 is 9.80 Å². The number of pyridine rings is 1. The van der Waals surface area contributed by atoms with Gasteiger partial charge in [0.25, 0.3) is 0 Å². The fourth-order valence-electron chi connectivity index (χ4n) is 2.36. The van der Waals surface area contributed by atoms with Gasteiger partial charge in [-0.3, -0.25) is 9.59 Å². The van der Waals surface area contributed by atoms with Gasteiger partial charge in [0.15, 0.2) is 0 Å². The van der Waals surface area contributed by atoms with Gasteiger partial charge in [0.2, 0.25) is 11.8 Å². The van der Waals surface area contributed by atoms with Gasteiger partial charge in [-0.05, 0) is 12.1 Å². The largest absolute Gasteiger partial charge is 0.335 e. The standard InChI is InChI=1S/C15H14ClN3O2/c1-18-8-14(21)19(9-13(18)20)7-11-6-10-4-2-3-5-12(10)17-15(11)16/h2-6H,7-9H2,1H3. The zero-order valence-electron chi connectivity index (χ0n) is 11.5. The smallest absolute Gasteiger partial charge is 0.242 e. The number of fused-ring (bicyclic) bond motifs is 1. The summed E-state index contributed by atoms with van der Waals surface area (Å²) in [6.45, 7) is 0.491. The van der Waals surface area contributed by atoms with Crippen LogP contribution in [0.2, 0.25) is 5.15 Å². The molecule has 0 aliphatic carbocycles. The second-order valence-electron chi connectivity index (χ2n) is 5.13. The van der Waals surface area contributed by atoms with Crippen LogP contribution in [-0.2, 0) is 16.1 Å². The van der Waals surface area contributed by atoms with Gasteiger partial charge >= 0.3 is 0 Å². The highest BCUT2D eigenvalue weighted by Gasteiger charge is 2.27. The lowest BCUT2D eigenvalue weighted by Crippen LogP contribution is -2.51. The zero-order chi connectivity index (χ0) is 15.0. The third-order valence-electron chi connectivity index (χ3n) is 3.59. The topological polar surface area (TPSA) is 53.5 Å². The second kappa shape index (κ2) is 5.33. The summed E-state index contributed by atoms with van der Waals surface area (Å²) < 4.78 is 0. The highest BCUT2D eigenvalue weighted by molar-refractivity contribution is 6.30. The van der Waals surface area contributed by atoms with Crippen molar-refractivity contribution in [1.82, 2.24) is 14.8 Å². The first-order valence-corrected chi connectivity index (χ1v) is 6.98. The summed E-state index contributed by atoms with van der Waals surface area (Å²) in [6, 6.07) is 9.57. The molecule has 0 spiro atoms. The maximum atomic E-state index is 12.0. The van der Waals surface area contributed by atoms with Crippen LogP contribution in [0.25, 0.3) is 10.9 Å². The monoisotopic (exact) mass is 303 g/mol. The molecule has 1 aromatic heterocycles. The molecule has 1 fully saturated rings. The van der Waals surface area contributed by atoms with Gasteiger partial charge in [0, 0.05) is 24.5 Å². The van der Waals surface area contributed by atoms with E-state index in [2.05, 4.69) is 4.98 Å². The molecule has 2 aromatic rings. The fraction of sp³-hybridized carbons (Fsp3) is 0.267. The third-order valence-corrected chi connectivity index (χ3v) is 3.92. The number of hydrogen-bond acceptors (Lipinski definition) is 3. The van der Waals surface area contributed by atoms with Gasteiger partial charge in [-0.25, -0.2) is 4.98 Å². The lowest BCUT2D eigenvalue weighted by molar-refractivity contribution is -0.149.